The van der Waals surface area contributed by atoms with Gasteiger partial charge in [-0.1, -0.05) is 25.1 Å². The van der Waals surface area contributed by atoms with Gasteiger partial charge in [-0.05, 0) is 12.5 Å². The summed E-state index contributed by atoms with van der Waals surface area (Å²) in [7, 11) is 1.66. The van der Waals surface area contributed by atoms with E-state index in [9.17, 15) is 5.11 Å². The van der Waals surface area contributed by atoms with E-state index in [2.05, 4.69) is 6.92 Å². The molecule has 2 atom stereocenters. The molecule has 0 radical (unpaired) electrons. The fraction of sp³-hybridized carbons (Fsp3) is 0.538. The van der Waals surface area contributed by atoms with Gasteiger partial charge < -0.3 is 14.6 Å². The average Bonchev–Trinajstić information content (AvgIpc) is 2.29. The summed E-state index contributed by atoms with van der Waals surface area (Å²) in [6, 6.07) is 7.65. The molecule has 0 amide bonds. The Balaban J connectivity index is 2.32. The van der Waals surface area contributed by atoms with Crippen LogP contribution in [0.25, 0.3) is 0 Å². The largest absolute Gasteiger partial charge is 0.484 e. The summed E-state index contributed by atoms with van der Waals surface area (Å²) in [5.74, 6) is 0.778. The first-order valence-electron chi connectivity index (χ1n) is 5.66. The van der Waals surface area contributed by atoms with Gasteiger partial charge in [-0.3, -0.25) is 0 Å². The molecule has 0 aromatic heterocycles. The van der Waals surface area contributed by atoms with E-state index in [1.165, 1.54) is 0 Å². The quantitative estimate of drug-likeness (QED) is 0.852. The molecule has 16 heavy (non-hydrogen) atoms. The fourth-order valence-electron chi connectivity index (χ4n) is 2.26. The van der Waals surface area contributed by atoms with E-state index in [0.717, 1.165) is 17.7 Å². The third-order valence-corrected chi connectivity index (χ3v) is 3.22. The average molecular weight is 222 g/mol. The van der Waals surface area contributed by atoms with Crippen LogP contribution in [-0.2, 0) is 4.74 Å². The molecule has 2 unspecified atom stereocenters. The Morgan fingerprint density at radius 1 is 1.50 bits per heavy atom. The van der Waals surface area contributed by atoms with Crippen molar-refractivity contribution in [3.8, 4) is 5.75 Å². The minimum atomic E-state index is -0.458. The number of ether oxygens (including phenoxy) is 2. The fourth-order valence-corrected chi connectivity index (χ4v) is 2.26. The first-order chi connectivity index (χ1) is 7.71. The Morgan fingerprint density at radius 2 is 2.25 bits per heavy atom. The van der Waals surface area contributed by atoms with E-state index in [1.807, 2.05) is 24.3 Å². The molecule has 88 valence electrons. The number of hydrogen-bond donors (Lipinski definition) is 1. The minimum absolute atomic E-state index is 0.386. The second-order valence-electron chi connectivity index (χ2n) is 4.33. The Bertz CT molecular complexity index is 364. The Labute approximate surface area is 96.0 Å². The molecule has 3 nitrogen and oxygen atoms in total. The second kappa shape index (κ2) is 4.44. The molecule has 0 spiro atoms. The predicted molar refractivity (Wildman–Crippen MR) is 61.5 cm³/mol. The van der Waals surface area contributed by atoms with Crippen molar-refractivity contribution in [2.45, 2.75) is 31.5 Å². The number of para-hydroxylation sites is 1. The third kappa shape index (κ3) is 1.93. The zero-order chi connectivity index (χ0) is 11.6. The monoisotopic (exact) mass is 222 g/mol. The Morgan fingerprint density at radius 3 is 2.94 bits per heavy atom. The van der Waals surface area contributed by atoms with Crippen LogP contribution in [0.3, 0.4) is 0 Å². The van der Waals surface area contributed by atoms with Gasteiger partial charge in [-0.25, -0.2) is 0 Å². The zero-order valence-electron chi connectivity index (χ0n) is 9.77. The first-order valence-corrected chi connectivity index (χ1v) is 5.66. The second-order valence-corrected chi connectivity index (χ2v) is 4.33. The summed E-state index contributed by atoms with van der Waals surface area (Å²) < 4.78 is 11.2. The molecular formula is C13H18O3. The highest BCUT2D eigenvalue weighted by molar-refractivity contribution is 5.37. The number of methoxy groups -OCH3 is 1. The van der Waals surface area contributed by atoms with E-state index >= 15 is 0 Å². The topological polar surface area (TPSA) is 38.7 Å². The van der Waals surface area contributed by atoms with Gasteiger partial charge in [0.25, 0.3) is 0 Å². The predicted octanol–water partition coefficient (Wildman–Crippen LogP) is 2.30. The van der Waals surface area contributed by atoms with Crippen LogP contribution in [0.4, 0.5) is 0 Å². The van der Waals surface area contributed by atoms with Crippen LogP contribution in [0.15, 0.2) is 24.3 Å². The van der Waals surface area contributed by atoms with Gasteiger partial charge in [0, 0.05) is 19.1 Å². The molecular weight excluding hydrogens is 204 g/mol. The molecule has 2 rings (SSSR count). The normalized spacial score (nSPS) is 28.3. The van der Waals surface area contributed by atoms with E-state index in [0.29, 0.717) is 13.0 Å². The van der Waals surface area contributed by atoms with Crippen LogP contribution in [-0.4, -0.2) is 24.4 Å². The highest BCUT2D eigenvalue weighted by Gasteiger charge is 2.39. The van der Waals surface area contributed by atoms with Crippen LogP contribution in [0.5, 0.6) is 5.75 Å². The van der Waals surface area contributed by atoms with Gasteiger partial charge in [0.15, 0.2) is 0 Å². The van der Waals surface area contributed by atoms with Crippen molar-refractivity contribution in [2.75, 3.05) is 13.7 Å². The van der Waals surface area contributed by atoms with E-state index < -0.39 is 6.10 Å². The van der Waals surface area contributed by atoms with Crippen LogP contribution in [0, 0.1) is 0 Å². The number of aliphatic hydroxyl groups excluding tert-OH is 1. The molecule has 1 aromatic carbocycles. The lowest BCUT2D eigenvalue weighted by molar-refractivity contribution is -0.0626. The molecule has 0 aliphatic carbocycles. The van der Waals surface area contributed by atoms with Gasteiger partial charge in [0.2, 0.25) is 0 Å². The van der Waals surface area contributed by atoms with Gasteiger partial charge in [0.1, 0.15) is 11.4 Å². The van der Waals surface area contributed by atoms with Crippen LogP contribution < -0.4 is 4.74 Å². The van der Waals surface area contributed by atoms with Crippen molar-refractivity contribution in [1.82, 2.24) is 0 Å². The maximum absolute atomic E-state index is 10.1. The van der Waals surface area contributed by atoms with E-state index in [4.69, 9.17) is 9.47 Å². The number of benzene rings is 1. The van der Waals surface area contributed by atoms with Crippen molar-refractivity contribution in [3.63, 3.8) is 0 Å². The maximum atomic E-state index is 10.1. The van der Waals surface area contributed by atoms with Gasteiger partial charge in [0.05, 0.1) is 12.7 Å². The molecule has 1 heterocycles. The summed E-state index contributed by atoms with van der Waals surface area (Å²) in [5, 5.41) is 10.1. The Kier molecular flexibility index (Phi) is 3.17. The van der Waals surface area contributed by atoms with Crippen molar-refractivity contribution in [3.05, 3.63) is 29.8 Å². The Hall–Kier alpha value is -1.06. The maximum Gasteiger partial charge on any atom is 0.135 e. The molecule has 0 saturated heterocycles. The highest BCUT2D eigenvalue weighted by Crippen LogP contribution is 2.40. The standard InChI is InChI=1S/C13H18O3/c1-3-13(9-15-2)8-11(14)10-6-4-5-7-12(10)16-13/h4-7,11,14H,3,8-9H2,1-2H3. The lowest BCUT2D eigenvalue weighted by Crippen LogP contribution is -2.44. The minimum Gasteiger partial charge on any atom is -0.484 e. The zero-order valence-corrected chi connectivity index (χ0v) is 9.77. The van der Waals surface area contributed by atoms with Gasteiger partial charge in [-0.2, -0.15) is 0 Å². The summed E-state index contributed by atoms with van der Waals surface area (Å²) in [6.07, 6.45) is 0.959. The molecule has 1 aliphatic rings. The van der Waals surface area contributed by atoms with E-state index in [-0.39, 0.29) is 5.60 Å². The lowest BCUT2D eigenvalue weighted by atomic mass is 9.87. The summed E-state index contributed by atoms with van der Waals surface area (Å²) in [5.41, 5.74) is 0.491. The van der Waals surface area contributed by atoms with Gasteiger partial charge in [-0.15, -0.1) is 0 Å². The third-order valence-electron chi connectivity index (χ3n) is 3.22. The highest BCUT2D eigenvalue weighted by atomic mass is 16.5. The SMILES string of the molecule is CCC1(COC)CC(O)c2ccccc2O1. The summed E-state index contributed by atoms with van der Waals surface area (Å²) >= 11 is 0. The lowest BCUT2D eigenvalue weighted by Gasteiger charge is -2.39. The van der Waals surface area contributed by atoms with Crippen molar-refractivity contribution < 1.29 is 14.6 Å². The molecule has 3 heteroatoms. The smallest absolute Gasteiger partial charge is 0.135 e. The molecule has 0 saturated carbocycles. The summed E-state index contributed by atoms with van der Waals surface area (Å²) in [6.45, 7) is 2.56. The number of rotatable bonds is 3. The van der Waals surface area contributed by atoms with Gasteiger partial charge >= 0.3 is 0 Å². The van der Waals surface area contributed by atoms with Crippen molar-refractivity contribution in [2.24, 2.45) is 0 Å². The van der Waals surface area contributed by atoms with Crippen LogP contribution in [0.1, 0.15) is 31.4 Å². The number of aliphatic hydroxyl groups is 1. The molecule has 1 aliphatic heterocycles. The van der Waals surface area contributed by atoms with Crippen molar-refractivity contribution in [1.29, 1.82) is 0 Å². The number of fused-ring (bicyclic) bond motifs is 1. The molecule has 1 aromatic rings. The first kappa shape index (κ1) is 11.4. The molecule has 1 N–H and O–H groups in total. The van der Waals surface area contributed by atoms with Crippen LogP contribution >= 0.6 is 0 Å². The molecule has 0 fully saturated rings. The summed E-state index contributed by atoms with van der Waals surface area (Å²) in [4.78, 5) is 0. The number of hydrogen-bond acceptors (Lipinski definition) is 3. The van der Waals surface area contributed by atoms with Crippen LogP contribution in [0.2, 0.25) is 0 Å². The van der Waals surface area contributed by atoms with Crippen molar-refractivity contribution >= 4 is 0 Å². The van der Waals surface area contributed by atoms with E-state index in [1.54, 1.807) is 7.11 Å². The molecule has 0 bridgehead atoms.